The minimum Gasteiger partial charge on any atom is -0.465 e. The third-order valence-corrected chi connectivity index (χ3v) is 3.40. The number of rotatable bonds is 7. The second-order valence-electron chi connectivity index (χ2n) is 6.58. The maximum atomic E-state index is 12.4. The van der Waals surface area contributed by atoms with Gasteiger partial charge in [0.1, 0.15) is 17.3 Å². The number of carbonyl (C=O) groups excluding carboxylic acids is 3. The molecule has 1 rings (SSSR count). The minimum absolute atomic E-state index is 0.153. The zero-order valence-electron chi connectivity index (χ0n) is 15.5. The van der Waals surface area contributed by atoms with E-state index in [2.05, 4.69) is 5.32 Å². The van der Waals surface area contributed by atoms with Gasteiger partial charge in [-0.15, -0.1) is 0 Å². The van der Waals surface area contributed by atoms with Crippen molar-refractivity contribution in [3.05, 3.63) is 35.9 Å². The lowest BCUT2D eigenvalue weighted by atomic mass is 9.88. The van der Waals surface area contributed by atoms with Crippen LogP contribution in [0.4, 0.5) is 4.79 Å². The molecule has 2 atom stereocenters. The van der Waals surface area contributed by atoms with Crippen molar-refractivity contribution in [2.75, 3.05) is 6.61 Å². The number of hydrogen-bond donors (Lipinski definition) is 1. The van der Waals surface area contributed by atoms with Crippen LogP contribution in [-0.4, -0.2) is 30.1 Å². The van der Waals surface area contributed by atoms with Crippen LogP contribution in [-0.2, 0) is 19.1 Å². The molecule has 1 aromatic carbocycles. The topological polar surface area (TPSA) is 81.7 Å². The molecule has 1 aromatic rings. The molecule has 6 nitrogen and oxygen atoms in total. The van der Waals surface area contributed by atoms with Gasteiger partial charge in [-0.3, -0.25) is 9.59 Å². The summed E-state index contributed by atoms with van der Waals surface area (Å²) in [5.41, 5.74) is -0.0623. The molecule has 0 aliphatic heterocycles. The average Bonchev–Trinajstić information content (AvgIpc) is 2.53. The molecule has 138 valence electrons. The van der Waals surface area contributed by atoms with E-state index in [-0.39, 0.29) is 18.8 Å². The Kier molecular flexibility index (Phi) is 7.61. The maximum Gasteiger partial charge on any atom is 0.408 e. The van der Waals surface area contributed by atoms with Crippen LogP contribution in [0.15, 0.2) is 30.3 Å². The summed E-state index contributed by atoms with van der Waals surface area (Å²) in [6.07, 6.45) is -0.539. The van der Waals surface area contributed by atoms with Crippen LogP contribution in [0.2, 0.25) is 0 Å². The van der Waals surface area contributed by atoms with Gasteiger partial charge in [-0.2, -0.15) is 0 Å². The molecule has 0 radical (unpaired) electrons. The monoisotopic (exact) mass is 349 g/mol. The van der Waals surface area contributed by atoms with Gasteiger partial charge in [0.05, 0.1) is 12.6 Å². The summed E-state index contributed by atoms with van der Waals surface area (Å²) < 4.78 is 10.3. The van der Waals surface area contributed by atoms with Gasteiger partial charge in [-0.05, 0) is 33.3 Å². The lowest BCUT2D eigenvalue weighted by molar-refractivity contribution is -0.152. The number of benzene rings is 1. The van der Waals surface area contributed by atoms with E-state index in [4.69, 9.17) is 9.47 Å². The van der Waals surface area contributed by atoms with Crippen molar-refractivity contribution < 1.29 is 23.9 Å². The van der Waals surface area contributed by atoms with Crippen LogP contribution >= 0.6 is 0 Å². The SMILES string of the molecule is CCOC(=O)[C@H](C(=O)CC)[C@H](NC(=O)OC(C)(C)C)c1ccccc1. The molecule has 0 aromatic heterocycles. The van der Waals surface area contributed by atoms with E-state index >= 15 is 0 Å². The van der Waals surface area contributed by atoms with Crippen molar-refractivity contribution in [2.24, 2.45) is 5.92 Å². The number of hydrogen-bond acceptors (Lipinski definition) is 5. The zero-order chi connectivity index (χ0) is 19.0. The molecule has 0 spiro atoms. The van der Waals surface area contributed by atoms with Crippen molar-refractivity contribution in [3.63, 3.8) is 0 Å². The van der Waals surface area contributed by atoms with Crippen molar-refractivity contribution in [2.45, 2.75) is 52.7 Å². The van der Waals surface area contributed by atoms with Crippen molar-refractivity contribution in [1.29, 1.82) is 0 Å². The molecule has 0 aliphatic carbocycles. The van der Waals surface area contributed by atoms with E-state index in [1.807, 2.05) is 6.07 Å². The number of alkyl carbamates (subject to hydrolysis) is 1. The summed E-state index contributed by atoms with van der Waals surface area (Å²) in [4.78, 5) is 37.0. The maximum absolute atomic E-state index is 12.4. The minimum atomic E-state index is -1.13. The van der Waals surface area contributed by atoms with Crippen LogP contribution in [0.5, 0.6) is 0 Å². The molecule has 6 heteroatoms. The van der Waals surface area contributed by atoms with Gasteiger partial charge in [0, 0.05) is 6.42 Å². The number of ketones is 1. The predicted octanol–water partition coefficient (Wildman–Crippen LogP) is 3.41. The molecule has 0 saturated heterocycles. The Morgan fingerprint density at radius 1 is 1.08 bits per heavy atom. The standard InChI is InChI=1S/C19H27NO5/c1-6-14(21)15(17(22)24-7-2)16(13-11-9-8-10-12-13)20-18(23)25-19(3,4)5/h8-12,15-16H,6-7H2,1-5H3,(H,20,23)/t15-,16-/m1/s1. The highest BCUT2D eigenvalue weighted by Crippen LogP contribution is 2.26. The van der Waals surface area contributed by atoms with Gasteiger partial charge < -0.3 is 14.8 Å². The lowest BCUT2D eigenvalue weighted by Gasteiger charge is -2.27. The number of esters is 1. The van der Waals surface area contributed by atoms with E-state index in [0.29, 0.717) is 5.56 Å². The van der Waals surface area contributed by atoms with Crippen LogP contribution in [0.1, 0.15) is 52.6 Å². The molecule has 1 N–H and O–H groups in total. The first kappa shape index (κ1) is 20.7. The van der Waals surface area contributed by atoms with Gasteiger partial charge in [0.25, 0.3) is 0 Å². The number of amides is 1. The fraction of sp³-hybridized carbons (Fsp3) is 0.526. The second kappa shape index (κ2) is 9.20. The zero-order valence-corrected chi connectivity index (χ0v) is 15.5. The Morgan fingerprint density at radius 3 is 2.16 bits per heavy atom. The van der Waals surface area contributed by atoms with Crippen molar-refractivity contribution in [1.82, 2.24) is 5.32 Å². The molecular weight excluding hydrogens is 322 g/mol. The summed E-state index contributed by atoms with van der Waals surface area (Å²) in [6.45, 7) is 8.72. The lowest BCUT2D eigenvalue weighted by Crippen LogP contribution is -2.43. The van der Waals surface area contributed by atoms with E-state index in [9.17, 15) is 14.4 Å². The third kappa shape index (κ3) is 6.57. The highest BCUT2D eigenvalue weighted by atomic mass is 16.6. The smallest absolute Gasteiger partial charge is 0.408 e. The number of ether oxygens (including phenoxy) is 2. The Balaban J connectivity index is 3.20. The van der Waals surface area contributed by atoms with Gasteiger partial charge in [-0.1, -0.05) is 37.3 Å². The van der Waals surface area contributed by atoms with Gasteiger partial charge in [0.2, 0.25) is 0 Å². The molecule has 0 bridgehead atoms. The molecule has 0 unspecified atom stereocenters. The van der Waals surface area contributed by atoms with E-state index in [1.165, 1.54) is 0 Å². The van der Waals surface area contributed by atoms with Crippen LogP contribution < -0.4 is 5.32 Å². The number of carbonyl (C=O) groups is 3. The summed E-state index contributed by atoms with van der Waals surface area (Å²) in [5, 5.41) is 2.66. The fourth-order valence-electron chi connectivity index (χ4n) is 2.36. The van der Waals surface area contributed by atoms with Crippen LogP contribution in [0.3, 0.4) is 0 Å². The summed E-state index contributed by atoms with van der Waals surface area (Å²) in [5.74, 6) is -2.08. The average molecular weight is 349 g/mol. The Hall–Kier alpha value is -2.37. The largest absolute Gasteiger partial charge is 0.465 e. The van der Waals surface area contributed by atoms with E-state index in [1.54, 1.807) is 58.9 Å². The van der Waals surface area contributed by atoms with Crippen molar-refractivity contribution >= 4 is 17.8 Å². The van der Waals surface area contributed by atoms with E-state index < -0.39 is 29.6 Å². The quantitative estimate of drug-likeness (QED) is 0.602. The molecular formula is C19H27NO5. The third-order valence-electron chi connectivity index (χ3n) is 3.40. The Labute approximate surface area is 148 Å². The molecule has 0 heterocycles. The second-order valence-corrected chi connectivity index (χ2v) is 6.58. The predicted molar refractivity (Wildman–Crippen MR) is 94.0 cm³/mol. The first-order chi connectivity index (χ1) is 11.7. The Bertz CT molecular complexity index is 592. The number of Topliss-reactive ketones (excluding diaryl/α,β-unsaturated/α-hetero) is 1. The van der Waals surface area contributed by atoms with Gasteiger partial charge in [0.15, 0.2) is 0 Å². The molecule has 0 saturated carbocycles. The summed E-state index contributed by atoms with van der Waals surface area (Å²) >= 11 is 0. The van der Waals surface area contributed by atoms with Gasteiger partial charge in [-0.25, -0.2) is 4.79 Å². The van der Waals surface area contributed by atoms with E-state index in [0.717, 1.165) is 0 Å². The van der Waals surface area contributed by atoms with Gasteiger partial charge >= 0.3 is 12.1 Å². The molecule has 0 aliphatic rings. The Morgan fingerprint density at radius 2 is 1.68 bits per heavy atom. The highest BCUT2D eigenvalue weighted by molar-refractivity contribution is 6.00. The highest BCUT2D eigenvalue weighted by Gasteiger charge is 2.37. The first-order valence-corrected chi connectivity index (χ1v) is 8.43. The summed E-state index contributed by atoms with van der Waals surface area (Å²) in [7, 11) is 0. The van der Waals surface area contributed by atoms with Crippen LogP contribution in [0.25, 0.3) is 0 Å². The van der Waals surface area contributed by atoms with Crippen molar-refractivity contribution in [3.8, 4) is 0 Å². The normalized spacial score (nSPS) is 13.5. The summed E-state index contributed by atoms with van der Waals surface area (Å²) in [6, 6.07) is 8.00. The molecule has 0 fully saturated rings. The first-order valence-electron chi connectivity index (χ1n) is 8.43. The van der Waals surface area contributed by atoms with Crippen LogP contribution in [0, 0.1) is 5.92 Å². The fourth-order valence-corrected chi connectivity index (χ4v) is 2.36. The molecule has 1 amide bonds. The number of nitrogens with one attached hydrogen (secondary N) is 1. The molecule has 25 heavy (non-hydrogen) atoms.